The van der Waals surface area contributed by atoms with Gasteiger partial charge in [0.2, 0.25) is 0 Å². The number of fused-ring (bicyclic) bond motifs is 1. The molecule has 4 heteroatoms. The Labute approximate surface area is 140 Å². The molecule has 1 amide bonds. The number of hydrogen-bond donors (Lipinski definition) is 1. The van der Waals surface area contributed by atoms with Crippen molar-refractivity contribution in [1.29, 1.82) is 0 Å². The van der Waals surface area contributed by atoms with E-state index in [1.54, 1.807) is 0 Å². The Kier molecular flexibility index (Phi) is 5.35. The molecule has 1 aliphatic rings. The lowest BCUT2D eigenvalue weighted by atomic mass is 9.97. The summed E-state index contributed by atoms with van der Waals surface area (Å²) in [6, 6.07) is 6.02. The third-order valence-corrected chi connectivity index (χ3v) is 4.24. The highest BCUT2D eigenvalue weighted by Crippen LogP contribution is 2.39. The Hall–Kier alpha value is -1.55. The zero-order valence-corrected chi connectivity index (χ0v) is 15.1. The lowest BCUT2D eigenvalue weighted by molar-refractivity contribution is -0.132. The van der Waals surface area contributed by atoms with Crippen LogP contribution in [0, 0.1) is 5.92 Å². The van der Waals surface area contributed by atoms with Crippen LogP contribution in [0.5, 0.6) is 5.75 Å². The van der Waals surface area contributed by atoms with Gasteiger partial charge >= 0.3 is 0 Å². The van der Waals surface area contributed by atoms with Gasteiger partial charge in [0.1, 0.15) is 5.75 Å². The minimum absolute atomic E-state index is 0.00573. The van der Waals surface area contributed by atoms with Crippen molar-refractivity contribution in [2.24, 2.45) is 11.7 Å². The van der Waals surface area contributed by atoms with Gasteiger partial charge in [-0.1, -0.05) is 39.7 Å². The number of nitrogens with two attached hydrogens (primary N) is 1. The largest absolute Gasteiger partial charge is 0.476 e. The number of nitrogens with zero attached hydrogens (tertiary/aromatic N) is 1. The second kappa shape index (κ2) is 6.91. The van der Waals surface area contributed by atoms with Crippen molar-refractivity contribution >= 4 is 11.6 Å². The molecular weight excluding hydrogens is 288 g/mol. The fraction of sp³-hybridized carbons (Fsp3) is 0.632. The summed E-state index contributed by atoms with van der Waals surface area (Å²) in [5, 5.41) is 0. The van der Waals surface area contributed by atoms with Gasteiger partial charge in [0.05, 0.1) is 5.69 Å². The Bertz CT molecular complexity index is 566. The minimum Gasteiger partial charge on any atom is -0.476 e. The summed E-state index contributed by atoms with van der Waals surface area (Å²) in [7, 11) is 0. The molecule has 1 aromatic rings. The molecule has 0 saturated heterocycles. The molecule has 0 fully saturated rings. The molecule has 1 aliphatic heterocycles. The molecular formula is C19H30N2O2. The Morgan fingerprint density at radius 1 is 1.30 bits per heavy atom. The summed E-state index contributed by atoms with van der Waals surface area (Å²) in [5.41, 5.74) is 7.40. The minimum atomic E-state index is -0.826. The quantitative estimate of drug-likeness (QED) is 0.861. The average Bonchev–Trinajstić information content (AvgIpc) is 2.48. The maximum atomic E-state index is 12.8. The zero-order valence-electron chi connectivity index (χ0n) is 15.1. The van der Waals surface area contributed by atoms with E-state index >= 15 is 0 Å². The van der Waals surface area contributed by atoms with Crippen LogP contribution in [0.3, 0.4) is 0 Å². The van der Waals surface area contributed by atoms with E-state index in [1.165, 1.54) is 0 Å². The standard InChI is InChI=1S/C19H30N2O2/c1-6-7-8-15(20)14-9-10-17-16(11-14)21(12-13(2)3)18(22)19(4,5)23-17/h9-11,13,15H,6-8,12,20H2,1-5H3. The monoisotopic (exact) mass is 318 g/mol. The van der Waals surface area contributed by atoms with Crippen LogP contribution < -0.4 is 15.4 Å². The first-order valence-corrected chi connectivity index (χ1v) is 8.66. The van der Waals surface area contributed by atoms with E-state index in [4.69, 9.17) is 10.5 Å². The van der Waals surface area contributed by atoms with Crippen LogP contribution >= 0.6 is 0 Å². The topological polar surface area (TPSA) is 55.6 Å². The van der Waals surface area contributed by atoms with Gasteiger partial charge in [0.15, 0.2) is 5.60 Å². The predicted molar refractivity (Wildman–Crippen MR) is 94.8 cm³/mol. The molecule has 0 spiro atoms. The number of hydrogen-bond acceptors (Lipinski definition) is 3. The first-order chi connectivity index (χ1) is 10.8. The van der Waals surface area contributed by atoms with Gasteiger partial charge < -0.3 is 15.4 Å². The van der Waals surface area contributed by atoms with Gasteiger partial charge in [0.25, 0.3) is 5.91 Å². The molecule has 4 nitrogen and oxygen atoms in total. The number of amides is 1. The summed E-state index contributed by atoms with van der Waals surface area (Å²) in [6.07, 6.45) is 3.20. The highest BCUT2D eigenvalue weighted by Gasteiger charge is 2.41. The van der Waals surface area contributed by atoms with E-state index in [0.29, 0.717) is 12.5 Å². The first-order valence-electron chi connectivity index (χ1n) is 8.66. The number of anilines is 1. The fourth-order valence-electron chi connectivity index (χ4n) is 2.95. The predicted octanol–water partition coefficient (Wildman–Crippen LogP) is 4.04. The fourth-order valence-corrected chi connectivity index (χ4v) is 2.95. The second-order valence-corrected chi connectivity index (χ2v) is 7.40. The van der Waals surface area contributed by atoms with Crippen LogP contribution in [-0.2, 0) is 4.79 Å². The summed E-state index contributed by atoms with van der Waals surface area (Å²) >= 11 is 0. The van der Waals surface area contributed by atoms with Gasteiger partial charge in [-0.3, -0.25) is 4.79 Å². The zero-order chi connectivity index (χ0) is 17.2. The van der Waals surface area contributed by atoms with Crippen molar-refractivity contribution in [2.75, 3.05) is 11.4 Å². The molecule has 2 rings (SSSR count). The maximum absolute atomic E-state index is 12.8. The molecule has 1 unspecified atom stereocenters. The van der Waals surface area contributed by atoms with Crippen LogP contribution in [0.25, 0.3) is 0 Å². The van der Waals surface area contributed by atoms with Gasteiger partial charge in [-0.25, -0.2) is 0 Å². The summed E-state index contributed by atoms with van der Waals surface area (Å²) in [5.74, 6) is 1.16. The molecule has 0 aromatic heterocycles. The number of rotatable bonds is 6. The van der Waals surface area contributed by atoms with Crippen LogP contribution in [0.1, 0.15) is 65.5 Å². The van der Waals surface area contributed by atoms with Crippen molar-refractivity contribution in [2.45, 2.75) is 65.5 Å². The summed E-state index contributed by atoms with van der Waals surface area (Å²) in [6.45, 7) is 10.7. The molecule has 0 aliphatic carbocycles. The Morgan fingerprint density at radius 3 is 2.61 bits per heavy atom. The van der Waals surface area contributed by atoms with E-state index in [-0.39, 0.29) is 11.9 Å². The van der Waals surface area contributed by atoms with E-state index < -0.39 is 5.60 Å². The number of carbonyl (C=O) groups is 1. The van der Waals surface area contributed by atoms with Crippen LogP contribution in [0.4, 0.5) is 5.69 Å². The molecule has 2 N–H and O–H groups in total. The smallest absolute Gasteiger partial charge is 0.270 e. The normalized spacial score (nSPS) is 17.9. The highest BCUT2D eigenvalue weighted by atomic mass is 16.5. The van der Waals surface area contributed by atoms with Crippen molar-refractivity contribution < 1.29 is 9.53 Å². The van der Waals surface area contributed by atoms with Crippen molar-refractivity contribution in [1.82, 2.24) is 0 Å². The number of benzene rings is 1. The van der Waals surface area contributed by atoms with Crippen molar-refractivity contribution in [3.05, 3.63) is 23.8 Å². The van der Waals surface area contributed by atoms with Gasteiger partial charge in [-0.2, -0.15) is 0 Å². The Morgan fingerprint density at radius 2 is 2.00 bits per heavy atom. The van der Waals surface area contributed by atoms with Gasteiger partial charge in [0, 0.05) is 12.6 Å². The molecule has 23 heavy (non-hydrogen) atoms. The van der Waals surface area contributed by atoms with Crippen molar-refractivity contribution in [3.8, 4) is 5.75 Å². The lowest BCUT2D eigenvalue weighted by Gasteiger charge is -2.40. The van der Waals surface area contributed by atoms with E-state index in [0.717, 1.165) is 36.3 Å². The molecule has 0 bridgehead atoms. The second-order valence-electron chi connectivity index (χ2n) is 7.40. The number of unbranched alkanes of at least 4 members (excludes halogenated alkanes) is 1. The molecule has 0 radical (unpaired) electrons. The molecule has 128 valence electrons. The van der Waals surface area contributed by atoms with E-state index in [1.807, 2.05) is 36.9 Å². The summed E-state index contributed by atoms with van der Waals surface area (Å²) < 4.78 is 5.93. The third-order valence-electron chi connectivity index (χ3n) is 4.24. The lowest BCUT2D eigenvalue weighted by Crippen LogP contribution is -2.53. The van der Waals surface area contributed by atoms with Crippen LogP contribution in [0.2, 0.25) is 0 Å². The molecule has 1 heterocycles. The SMILES string of the molecule is CCCCC(N)c1ccc2c(c1)N(CC(C)C)C(=O)C(C)(C)O2. The van der Waals surface area contributed by atoms with Gasteiger partial charge in [-0.05, 0) is 43.9 Å². The molecule has 1 atom stereocenters. The summed E-state index contributed by atoms with van der Waals surface area (Å²) in [4.78, 5) is 14.6. The highest BCUT2D eigenvalue weighted by molar-refractivity contribution is 6.02. The number of carbonyl (C=O) groups excluding carboxylic acids is 1. The Balaban J connectivity index is 2.38. The van der Waals surface area contributed by atoms with E-state index in [2.05, 4.69) is 20.8 Å². The average molecular weight is 318 g/mol. The van der Waals surface area contributed by atoms with Crippen LogP contribution in [0.15, 0.2) is 18.2 Å². The van der Waals surface area contributed by atoms with E-state index in [9.17, 15) is 4.79 Å². The van der Waals surface area contributed by atoms with Gasteiger partial charge in [-0.15, -0.1) is 0 Å². The molecule has 1 aromatic carbocycles. The third kappa shape index (κ3) is 3.86. The van der Waals surface area contributed by atoms with Crippen molar-refractivity contribution in [3.63, 3.8) is 0 Å². The van der Waals surface area contributed by atoms with Crippen LogP contribution in [-0.4, -0.2) is 18.1 Å². The maximum Gasteiger partial charge on any atom is 0.270 e. The number of ether oxygens (including phenoxy) is 1. The first kappa shape index (κ1) is 17.8. The molecule has 0 saturated carbocycles.